The van der Waals surface area contributed by atoms with Crippen molar-refractivity contribution < 1.29 is 14.1 Å². The summed E-state index contributed by atoms with van der Waals surface area (Å²) in [6.45, 7) is 2.49. The van der Waals surface area contributed by atoms with Crippen LogP contribution in [0.15, 0.2) is 50.1 Å². The van der Waals surface area contributed by atoms with Crippen LogP contribution in [0.3, 0.4) is 0 Å². The number of hydrogen-bond acceptors (Lipinski definition) is 9. The second-order valence-electron chi connectivity index (χ2n) is 8.12. The molecule has 0 bridgehead atoms. The van der Waals surface area contributed by atoms with Crippen LogP contribution in [0.5, 0.6) is 5.75 Å². The summed E-state index contributed by atoms with van der Waals surface area (Å²) in [6.07, 6.45) is 1.45. The van der Waals surface area contributed by atoms with Gasteiger partial charge < -0.3 is 19.9 Å². The molecule has 1 aliphatic heterocycles. The molecular formula is C23H21Br2N7O3. The average molecular weight is 603 g/mol. The van der Waals surface area contributed by atoms with Gasteiger partial charge in [-0.3, -0.25) is 9.69 Å². The minimum atomic E-state index is 0.0429. The molecule has 3 heterocycles. The van der Waals surface area contributed by atoms with E-state index < -0.39 is 0 Å². The largest absolute Gasteiger partial charge is 0.494 e. The smallest absolute Gasteiger partial charge is 0.241 e. The highest BCUT2D eigenvalue weighted by molar-refractivity contribution is 9.11. The molecule has 1 fully saturated rings. The van der Waals surface area contributed by atoms with Gasteiger partial charge in [-0.1, -0.05) is 11.2 Å². The van der Waals surface area contributed by atoms with Gasteiger partial charge in [0, 0.05) is 30.6 Å². The first-order chi connectivity index (χ1) is 16.9. The Bertz CT molecular complexity index is 1390. The number of amides is 1. The van der Waals surface area contributed by atoms with Crippen LogP contribution in [-0.4, -0.2) is 62.6 Å². The van der Waals surface area contributed by atoms with Crippen LogP contribution in [0.2, 0.25) is 0 Å². The van der Waals surface area contributed by atoms with Gasteiger partial charge in [-0.2, -0.15) is 4.98 Å². The lowest BCUT2D eigenvalue weighted by Gasteiger charge is -2.33. The van der Waals surface area contributed by atoms with Crippen LogP contribution in [0, 0.1) is 0 Å². The van der Waals surface area contributed by atoms with E-state index in [1.807, 2.05) is 40.1 Å². The molecule has 0 unspecified atom stereocenters. The molecule has 0 spiro atoms. The van der Waals surface area contributed by atoms with Crippen LogP contribution in [0.25, 0.3) is 22.3 Å². The molecule has 2 aromatic carbocycles. The minimum Gasteiger partial charge on any atom is -0.494 e. The molecule has 35 heavy (non-hydrogen) atoms. The number of nitrogens with two attached hydrogens (primary N) is 1. The normalized spacial score (nSPS) is 14.6. The van der Waals surface area contributed by atoms with Gasteiger partial charge in [0.05, 0.1) is 34.7 Å². The van der Waals surface area contributed by atoms with Gasteiger partial charge in [0.1, 0.15) is 17.9 Å². The fourth-order valence-corrected chi connectivity index (χ4v) is 5.52. The number of rotatable bonds is 6. The number of methoxy groups -OCH3 is 1. The number of fused-ring (bicyclic) bond motifs is 1. The molecular weight excluding hydrogens is 582 g/mol. The lowest BCUT2D eigenvalue weighted by atomic mass is 10.1. The highest BCUT2D eigenvalue weighted by Gasteiger charge is 2.26. The molecule has 12 heteroatoms. The molecule has 2 N–H and O–H groups in total. The summed E-state index contributed by atoms with van der Waals surface area (Å²) in [5.74, 6) is 2.10. The van der Waals surface area contributed by atoms with Crippen LogP contribution in [0.4, 0.5) is 5.82 Å². The second kappa shape index (κ2) is 9.88. The number of benzene rings is 2. The monoisotopic (exact) mass is 601 g/mol. The summed E-state index contributed by atoms with van der Waals surface area (Å²) in [5.41, 5.74) is 8.45. The summed E-state index contributed by atoms with van der Waals surface area (Å²) < 4.78 is 12.4. The number of carbonyl (C=O) groups is 1. The number of carbonyl (C=O) groups excluding carboxylic acids is 1. The number of nitrogens with zero attached hydrogens (tertiary/aromatic N) is 6. The Balaban J connectivity index is 1.22. The molecule has 1 aliphatic rings. The highest BCUT2D eigenvalue weighted by atomic mass is 79.9. The Labute approximate surface area is 217 Å². The molecule has 1 saturated heterocycles. The van der Waals surface area contributed by atoms with E-state index in [9.17, 15) is 4.79 Å². The van der Waals surface area contributed by atoms with Crippen molar-refractivity contribution in [3.63, 3.8) is 0 Å². The topological polar surface area (TPSA) is 124 Å². The maximum atomic E-state index is 12.8. The highest BCUT2D eigenvalue weighted by Crippen LogP contribution is 2.37. The van der Waals surface area contributed by atoms with Crippen molar-refractivity contribution in [1.29, 1.82) is 0 Å². The Hall–Kier alpha value is -3.09. The fraction of sp³-hybridized carbons (Fsp3) is 0.261. The van der Waals surface area contributed by atoms with Gasteiger partial charge in [0.15, 0.2) is 0 Å². The Morgan fingerprint density at radius 3 is 2.66 bits per heavy atom. The van der Waals surface area contributed by atoms with Gasteiger partial charge in [0.25, 0.3) is 0 Å². The number of aromatic nitrogens is 4. The molecule has 1 amide bonds. The zero-order chi connectivity index (χ0) is 24.5. The number of nitrogen functional groups attached to an aromatic ring is 1. The summed E-state index contributed by atoms with van der Waals surface area (Å²) in [6, 6.07) is 9.54. The quantitative estimate of drug-likeness (QED) is 0.352. The first-order valence-corrected chi connectivity index (χ1v) is 12.3. The minimum absolute atomic E-state index is 0.0429. The van der Waals surface area contributed by atoms with Crippen molar-refractivity contribution in [2.45, 2.75) is 13.1 Å². The molecule has 10 nitrogen and oxygen atoms in total. The van der Waals surface area contributed by atoms with Crippen LogP contribution in [0.1, 0.15) is 11.5 Å². The zero-order valence-electron chi connectivity index (χ0n) is 18.7. The van der Waals surface area contributed by atoms with Gasteiger partial charge in [-0.15, -0.1) is 0 Å². The molecule has 0 radical (unpaired) electrons. The third-order valence-corrected chi connectivity index (χ3v) is 6.97. The number of hydrogen-bond donors (Lipinski definition) is 1. The summed E-state index contributed by atoms with van der Waals surface area (Å²) in [7, 11) is 1.60. The zero-order valence-corrected chi connectivity index (χ0v) is 21.9. The van der Waals surface area contributed by atoms with Crippen molar-refractivity contribution in [3.8, 4) is 17.1 Å². The van der Waals surface area contributed by atoms with E-state index in [-0.39, 0.29) is 12.5 Å². The third kappa shape index (κ3) is 5.00. The SMILES string of the molecule is COc1c(Br)cc(-c2noc(CN3CCN(Cc4ccc5c(N)ncnc5c4)C(=O)C3)n2)cc1Br. The predicted molar refractivity (Wildman–Crippen MR) is 136 cm³/mol. The standard InChI is InChI=1S/C23H21Br2N7O3/c1-34-21-16(24)7-14(8-17(21)25)23-29-19(35-30-23)10-31-4-5-32(20(33)11-31)9-13-2-3-15-18(6-13)27-12-28-22(15)26/h2-3,6-8,12H,4-5,9-11H2,1H3,(H2,26,27,28). The molecule has 0 atom stereocenters. The maximum Gasteiger partial charge on any atom is 0.241 e. The van der Waals surface area contributed by atoms with E-state index in [4.69, 9.17) is 15.0 Å². The van der Waals surface area contributed by atoms with Gasteiger partial charge in [0.2, 0.25) is 17.6 Å². The lowest BCUT2D eigenvalue weighted by molar-refractivity contribution is -0.137. The second-order valence-corrected chi connectivity index (χ2v) is 9.83. The van der Waals surface area contributed by atoms with Gasteiger partial charge in [-0.25, -0.2) is 9.97 Å². The molecule has 5 rings (SSSR count). The average Bonchev–Trinajstić information content (AvgIpc) is 3.29. The van der Waals surface area contributed by atoms with Crippen molar-refractivity contribution >= 4 is 54.5 Å². The third-order valence-electron chi connectivity index (χ3n) is 5.79. The van der Waals surface area contributed by atoms with Crippen LogP contribution >= 0.6 is 31.9 Å². The summed E-state index contributed by atoms with van der Waals surface area (Å²) in [5, 5.41) is 4.91. The van der Waals surface area contributed by atoms with E-state index in [0.717, 1.165) is 31.0 Å². The Morgan fingerprint density at radius 1 is 1.11 bits per heavy atom. The van der Waals surface area contributed by atoms with E-state index in [1.54, 1.807) is 7.11 Å². The van der Waals surface area contributed by atoms with Crippen molar-refractivity contribution in [2.24, 2.45) is 0 Å². The molecule has 2 aromatic heterocycles. The van der Waals surface area contributed by atoms with Crippen molar-refractivity contribution in [2.75, 3.05) is 32.5 Å². The number of ether oxygens (including phenoxy) is 1. The first-order valence-electron chi connectivity index (χ1n) is 10.8. The van der Waals surface area contributed by atoms with Crippen molar-refractivity contribution in [1.82, 2.24) is 29.9 Å². The molecule has 0 aliphatic carbocycles. The Morgan fingerprint density at radius 2 is 1.91 bits per heavy atom. The van der Waals surface area contributed by atoms with Crippen molar-refractivity contribution in [3.05, 3.63) is 57.1 Å². The Kier molecular flexibility index (Phi) is 6.67. The van der Waals surface area contributed by atoms with E-state index >= 15 is 0 Å². The number of piperazine rings is 1. The van der Waals surface area contributed by atoms with E-state index in [1.165, 1.54) is 6.33 Å². The predicted octanol–water partition coefficient (Wildman–Crippen LogP) is 3.64. The lowest BCUT2D eigenvalue weighted by Crippen LogP contribution is -2.49. The van der Waals surface area contributed by atoms with E-state index in [0.29, 0.717) is 49.5 Å². The number of halogens is 2. The molecule has 4 aromatic rings. The fourth-order valence-electron chi connectivity index (χ4n) is 4.01. The summed E-state index contributed by atoms with van der Waals surface area (Å²) >= 11 is 6.98. The maximum absolute atomic E-state index is 12.8. The molecule has 180 valence electrons. The first kappa shape index (κ1) is 23.6. The van der Waals surface area contributed by atoms with Crippen LogP contribution < -0.4 is 10.5 Å². The van der Waals surface area contributed by atoms with Crippen LogP contribution in [-0.2, 0) is 17.9 Å². The number of anilines is 1. The van der Waals surface area contributed by atoms with E-state index in [2.05, 4.69) is 52.0 Å². The molecule has 0 saturated carbocycles. The summed E-state index contributed by atoms with van der Waals surface area (Å²) in [4.78, 5) is 29.5. The van der Waals surface area contributed by atoms with Gasteiger partial charge >= 0.3 is 0 Å². The van der Waals surface area contributed by atoms with Gasteiger partial charge in [-0.05, 0) is 61.7 Å².